The van der Waals surface area contributed by atoms with Crippen molar-refractivity contribution < 1.29 is 19.4 Å². The molecular weight excluding hydrogens is 250 g/mol. The maximum atomic E-state index is 11.8. The van der Waals surface area contributed by atoms with Crippen LogP contribution in [-0.2, 0) is 18.3 Å². The standard InChI is InChI=1S/C12H19N3O4/c1-12(2,3)19-11(18)15(5)7-9-13-8(10(16)17)6-14(9)4/h6H,7H2,1-5H3,(H,16,17). The first kappa shape index (κ1) is 15.0. The van der Waals surface area contributed by atoms with Gasteiger partial charge in [-0.1, -0.05) is 0 Å². The van der Waals surface area contributed by atoms with E-state index in [2.05, 4.69) is 4.98 Å². The first-order chi connectivity index (χ1) is 8.60. The van der Waals surface area contributed by atoms with Crippen LogP contribution in [0.25, 0.3) is 0 Å². The molecule has 0 aliphatic rings. The second kappa shape index (κ2) is 5.29. The Kier molecular flexibility index (Phi) is 4.18. The summed E-state index contributed by atoms with van der Waals surface area (Å²) in [6.45, 7) is 5.52. The van der Waals surface area contributed by atoms with Gasteiger partial charge >= 0.3 is 12.1 Å². The molecule has 0 saturated heterocycles. The van der Waals surface area contributed by atoms with E-state index in [1.165, 1.54) is 11.1 Å². The van der Waals surface area contributed by atoms with Gasteiger partial charge in [0.05, 0.1) is 6.54 Å². The number of amides is 1. The molecule has 19 heavy (non-hydrogen) atoms. The van der Waals surface area contributed by atoms with Gasteiger partial charge in [0.15, 0.2) is 5.69 Å². The Morgan fingerprint density at radius 2 is 2.05 bits per heavy atom. The van der Waals surface area contributed by atoms with E-state index in [9.17, 15) is 9.59 Å². The van der Waals surface area contributed by atoms with E-state index < -0.39 is 17.7 Å². The van der Waals surface area contributed by atoms with Gasteiger partial charge in [-0.2, -0.15) is 0 Å². The van der Waals surface area contributed by atoms with Crippen LogP contribution in [0.3, 0.4) is 0 Å². The maximum Gasteiger partial charge on any atom is 0.410 e. The van der Waals surface area contributed by atoms with Crippen LogP contribution < -0.4 is 0 Å². The second-order valence-electron chi connectivity index (χ2n) is 5.29. The lowest BCUT2D eigenvalue weighted by Gasteiger charge is -2.24. The normalized spacial score (nSPS) is 11.2. The van der Waals surface area contributed by atoms with Gasteiger partial charge in [0.1, 0.15) is 11.4 Å². The van der Waals surface area contributed by atoms with Crippen LogP contribution in [0.4, 0.5) is 4.79 Å². The molecule has 1 heterocycles. The van der Waals surface area contributed by atoms with Crippen molar-refractivity contribution in [3.63, 3.8) is 0 Å². The number of aryl methyl sites for hydroxylation is 1. The molecule has 0 unspecified atom stereocenters. The molecule has 0 aliphatic heterocycles. The Hall–Kier alpha value is -2.05. The molecule has 1 aromatic rings. The SMILES string of the molecule is CN(Cc1nc(C(=O)O)cn1C)C(=O)OC(C)(C)C. The molecule has 7 nitrogen and oxygen atoms in total. The number of rotatable bonds is 3. The van der Waals surface area contributed by atoms with Gasteiger partial charge < -0.3 is 19.3 Å². The van der Waals surface area contributed by atoms with Crippen LogP contribution in [0.5, 0.6) is 0 Å². The quantitative estimate of drug-likeness (QED) is 0.898. The number of carboxylic acids is 1. The number of carbonyl (C=O) groups excluding carboxylic acids is 1. The third-order valence-corrected chi connectivity index (χ3v) is 2.28. The molecule has 1 aromatic heterocycles. The maximum absolute atomic E-state index is 11.8. The summed E-state index contributed by atoms with van der Waals surface area (Å²) in [6, 6.07) is 0. The lowest BCUT2D eigenvalue weighted by molar-refractivity contribution is 0.0280. The van der Waals surface area contributed by atoms with E-state index in [-0.39, 0.29) is 12.2 Å². The third-order valence-electron chi connectivity index (χ3n) is 2.28. The molecule has 0 radical (unpaired) electrons. The number of imidazole rings is 1. The molecule has 1 rings (SSSR count). The summed E-state index contributed by atoms with van der Waals surface area (Å²) in [7, 11) is 3.25. The summed E-state index contributed by atoms with van der Waals surface area (Å²) < 4.78 is 6.77. The van der Waals surface area contributed by atoms with E-state index in [0.29, 0.717) is 5.82 Å². The van der Waals surface area contributed by atoms with Crippen LogP contribution in [0.1, 0.15) is 37.1 Å². The van der Waals surface area contributed by atoms with Crippen molar-refractivity contribution in [3.05, 3.63) is 17.7 Å². The molecular formula is C12H19N3O4. The summed E-state index contributed by atoms with van der Waals surface area (Å²) in [6.07, 6.45) is 0.924. The number of ether oxygens (including phenoxy) is 1. The Bertz CT molecular complexity index is 488. The fourth-order valence-electron chi connectivity index (χ4n) is 1.37. The molecule has 0 atom stereocenters. The van der Waals surface area contributed by atoms with Gasteiger partial charge in [0.2, 0.25) is 0 Å². The zero-order valence-electron chi connectivity index (χ0n) is 11.8. The van der Waals surface area contributed by atoms with Crippen molar-refractivity contribution in [1.29, 1.82) is 0 Å². The first-order valence-corrected chi connectivity index (χ1v) is 5.80. The highest BCUT2D eigenvalue weighted by Crippen LogP contribution is 2.11. The average molecular weight is 269 g/mol. The van der Waals surface area contributed by atoms with Crippen LogP contribution >= 0.6 is 0 Å². The summed E-state index contributed by atoms with van der Waals surface area (Å²) in [5.74, 6) is -0.618. The van der Waals surface area contributed by atoms with Gasteiger partial charge in [-0.15, -0.1) is 0 Å². The van der Waals surface area contributed by atoms with E-state index >= 15 is 0 Å². The molecule has 0 aromatic carbocycles. The van der Waals surface area contributed by atoms with Crippen molar-refractivity contribution >= 4 is 12.1 Å². The largest absolute Gasteiger partial charge is 0.476 e. The molecule has 0 spiro atoms. The van der Waals surface area contributed by atoms with E-state index in [4.69, 9.17) is 9.84 Å². The third kappa shape index (κ3) is 4.27. The van der Waals surface area contributed by atoms with Crippen LogP contribution in [-0.4, -0.2) is 44.3 Å². The van der Waals surface area contributed by atoms with Crippen LogP contribution in [0.2, 0.25) is 0 Å². The fourth-order valence-corrected chi connectivity index (χ4v) is 1.37. The minimum absolute atomic E-state index is 0.0462. The molecule has 1 N–H and O–H groups in total. The number of carboxylic acid groups (broad SMARTS) is 1. The zero-order chi connectivity index (χ0) is 14.8. The fraction of sp³-hybridized carbons (Fsp3) is 0.583. The number of carbonyl (C=O) groups is 2. The number of nitrogens with zero attached hydrogens (tertiary/aromatic N) is 3. The number of aromatic carboxylic acids is 1. The predicted octanol–water partition coefficient (Wildman–Crippen LogP) is 1.49. The molecule has 0 saturated carbocycles. The molecule has 1 amide bonds. The Labute approximate surface area is 111 Å². The topological polar surface area (TPSA) is 84.7 Å². The van der Waals surface area contributed by atoms with Gasteiger partial charge in [-0.05, 0) is 20.8 Å². The highest BCUT2D eigenvalue weighted by molar-refractivity contribution is 5.85. The van der Waals surface area contributed by atoms with Crippen molar-refractivity contribution in [2.24, 2.45) is 7.05 Å². The molecule has 0 bridgehead atoms. The van der Waals surface area contributed by atoms with E-state index in [0.717, 1.165) is 0 Å². The molecule has 0 fully saturated rings. The van der Waals surface area contributed by atoms with Gasteiger partial charge in [-0.3, -0.25) is 0 Å². The minimum Gasteiger partial charge on any atom is -0.476 e. The predicted molar refractivity (Wildman–Crippen MR) is 67.9 cm³/mol. The zero-order valence-corrected chi connectivity index (χ0v) is 11.8. The van der Waals surface area contributed by atoms with E-state index in [1.54, 1.807) is 39.4 Å². The Morgan fingerprint density at radius 3 is 2.47 bits per heavy atom. The summed E-state index contributed by atoms with van der Waals surface area (Å²) in [5.41, 5.74) is -0.616. The molecule has 106 valence electrons. The first-order valence-electron chi connectivity index (χ1n) is 5.80. The van der Waals surface area contributed by atoms with Crippen molar-refractivity contribution in [2.45, 2.75) is 32.9 Å². The number of hydrogen-bond acceptors (Lipinski definition) is 4. The lowest BCUT2D eigenvalue weighted by Crippen LogP contribution is -2.34. The van der Waals surface area contributed by atoms with Crippen molar-refractivity contribution in [1.82, 2.24) is 14.5 Å². The molecule has 0 aliphatic carbocycles. The minimum atomic E-state index is -1.10. The average Bonchev–Trinajstić information content (AvgIpc) is 2.58. The van der Waals surface area contributed by atoms with Crippen molar-refractivity contribution in [3.8, 4) is 0 Å². The Morgan fingerprint density at radius 1 is 1.47 bits per heavy atom. The van der Waals surface area contributed by atoms with Crippen LogP contribution in [0.15, 0.2) is 6.20 Å². The highest BCUT2D eigenvalue weighted by atomic mass is 16.6. The van der Waals surface area contributed by atoms with Gasteiger partial charge in [0.25, 0.3) is 0 Å². The number of aromatic nitrogens is 2. The monoisotopic (exact) mass is 269 g/mol. The summed E-state index contributed by atoms with van der Waals surface area (Å²) in [4.78, 5) is 27.8. The summed E-state index contributed by atoms with van der Waals surface area (Å²) >= 11 is 0. The Balaban J connectivity index is 2.74. The second-order valence-corrected chi connectivity index (χ2v) is 5.29. The summed E-state index contributed by atoms with van der Waals surface area (Å²) in [5, 5.41) is 8.84. The highest BCUT2D eigenvalue weighted by Gasteiger charge is 2.21. The van der Waals surface area contributed by atoms with Crippen LogP contribution in [0, 0.1) is 0 Å². The lowest BCUT2D eigenvalue weighted by atomic mass is 10.2. The number of hydrogen-bond donors (Lipinski definition) is 1. The van der Waals surface area contributed by atoms with Crippen molar-refractivity contribution in [2.75, 3.05) is 7.05 Å². The van der Waals surface area contributed by atoms with E-state index in [1.807, 2.05) is 0 Å². The smallest absolute Gasteiger partial charge is 0.410 e. The van der Waals surface area contributed by atoms with Gasteiger partial charge in [-0.25, -0.2) is 14.6 Å². The molecule has 7 heteroatoms. The van der Waals surface area contributed by atoms with Gasteiger partial charge in [0, 0.05) is 20.3 Å².